The molecule has 0 fully saturated rings. The predicted octanol–water partition coefficient (Wildman–Crippen LogP) is 1.50. The second-order valence-corrected chi connectivity index (χ2v) is 2.98. The van der Waals surface area contributed by atoms with E-state index in [1.54, 1.807) is 0 Å². The van der Waals surface area contributed by atoms with Gasteiger partial charge in [-0.05, 0) is 27.3 Å². The van der Waals surface area contributed by atoms with Crippen LogP contribution in [0.3, 0.4) is 0 Å². The van der Waals surface area contributed by atoms with Crippen LogP contribution in [-0.4, -0.2) is 25.7 Å². The first-order valence-electron chi connectivity index (χ1n) is 4.67. The third-order valence-corrected chi connectivity index (χ3v) is 1.68. The van der Waals surface area contributed by atoms with E-state index < -0.39 is 0 Å². The molecule has 0 saturated carbocycles. The Hall–Kier alpha value is -0.830. The second kappa shape index (κ2) is 6.66. The number of allylic oxidation sites excluding steroid dienone is 1. The first kappa shape index (κ1) is 12.2. The summed E-state index contributed by atoms with van der Waals surface area (Å²) in [5, 5.41) is 3.11. The molecule has 13 heavy (non-hydrogen) atoms. The average molecular weight is 185 g/mol. The minimum atomic E-state index is -0.205. The summed E-state index contributed by atoms with van der Waals surface area (Å²) in [5.41, 5.74) is 1.75. The number of hydrogen-bond donors (Lipinski definition) is 1. The molecule has 0 heterocycles. The Kier molecular flexibility index (Phi) is 6.24. The van der Waals surface area contributed by atoms with Crippen molar-refractivity contribution >= 4 is 5.97 Å². The number of likely N-dealkylation sites (N-methyl/N-ethyl adjacent to an activating group) is 1. The average Bonchev–Trinajstić information content (AvgIpc) is 2.05. The summed E-state index contributed by atoms with van der Waals surface area (Å²) < 4.78 is 4.93. The third-order valence-electron chi connectivity index (χ3n) is 1.68. The third kappa shape index (κ3) is 4.68. The van der Waals surface area contributed by atoms with Crippen molar-refractivity contribution in [2.75, 3.05) is 19.7 Å². The molecule has 0 aliphatic carbocycles. The fourth-order valence-corrected chi connectivity index (χ4v) is 0.921. The lowest BCUT2D eigenvalue weighted by atomic mass is 10.1. The lowest BCUT2D eigenvalue weighted by molar-refractivity contribution is -0.138. The first-order chi connectivity index (χ1) is 6.13. The molecule has 0 bridgehead atoms. The Morgan fingerprint density at radius 2 is 1.92 bits per heavy atom. The molecule has 0 aliphatic heterocycles. The van der Waals surface area contributed by atoms with Gasteiger partial charge in [0.15, 0.2) is 0 Å². The molecule has 0 atom stereocenters. The van der Waals surface area contributed by atoms with Gasteiger partial charge in [-0.1, -0.05) is 12.5 Å². The van der Waals surface area contributed by atoms with Crippen molar-refractivity contribution in [2.24, 2.45) is 0 Å². The van der Waals surface area contributed by atoms with Crippen molar-refractivity contribution in [3.63, 3.8) is 0 Å². The maximum Gasteiger partial charge on any atom is 0.335 e. The van der Waals surface area contributed by atoms with Crippen LogP contribution in [0.15, 0.2) is 11.1 Å². The van der Waals surface area contributed by atoms with E-state index in [1.807, 2.05) is 27.7 Å². The van der Waals surface area contributed by atoms with Crippen LogP contribution in [0.2, 0.25) is 0 Å². The topological polar surface area (TPSA) is 38.3 Å². The number of hydrogen-bond acceptors (Lipinski definition) is 3. The molecule has 1 N–H and O–H groups in total. The van der Waals surface area contributed by atoms with Crippen LogP contribution in [-0.2, 0) is 9.53 Å². The van der Waals surface area contributed by atoms with Crippen molar-refractivity contribution in [1.29, 1.82) is 0 Å². The van der Waals surface area contributed by atoms with E-state index in [0.29, 0.717) is 13.2 Å². The predicted molar refractivity (Wildman–Crippen MR) is 53.6 cm³/mol. The van der Waals surface area contributed by atoms with Crippen molar-refractivity contribution in [3.8, 4) is 0 Å². The van der Waals surface area contributed by atoms with Gasteiger partial charge in [-0.25, -0.2) is 4.79 Å². The first-order valence-corrected chi connectivity index (χ1v) is 4.67. The number of carbonyl (C=O) groups excluding carboxylic acids is 1. The highest BCUT2D eigenvalue weighted by Gasteiger charge is 2.10. The van der Waals surface area contributed by atoms with Crippen LogP contribution in [0.1, 0.15) is 27.7 Å². The largest absolute Gasteiger partial charge is 0.463 e. The van der Waals surface area contributed by atoms with E-state index in [-0.39, 0.29) is 5.97 Å². The highest BCUT2D eigenvalue weighted by atomic mass is 16.5. The summed E-state index contributed by atoms with van der Waals surface area (Å²) in [7, 11) is 0. The summed E-state index contributed by atoms with van der Waals surface area (Å²) in [6.45, 7) is 9.55. The zero-order valence-electron chi connectivity index (χ0n) is 8.94. The Labute approximate surface area is 80.2 Å². The molecule has 0 unspecified atom stereocenters. The molecule has 0 radical (unpaired) electrons. The normalized spacial score (nSPS) is 9.54. The van der Waals surface area contributed by atoms with E-state index in [2.05, 4.69) is 5.32 Å². The Morgan fingerprint density at radius 1 is 1.31 bits per heavy atom. The summed E-state index contributed by atoms with van der Waals surface area (Å²) in [4.78, 5) is 11.4. The van der Waals surface area contributed by atoms with E-state index in [1.165, 1.54) is 0 Å². The van der Waals surface area contributed by atoms with E-state index in [0.717, 1.165) is 17.7 Å². The summed E-state index contributed by atoms with van der Waals surface area (Å²) in [6, 6.07) is 0. The second-order valence-electron chi connectivity index (χ2n) is 2.98. The van der Waals surface area contributed by atoms with Crippen LogP contribution < -0.4 is 5.32 Å². The van der Waals surface area contributed by atoms with E-state index >= 15 is 0 Å². The molecule has 76 valence electrons. The molecule has 0 aromatic heterocycles. The zero-order valence-corrected chi connectivity index (χ0v) is 8.94. The molecular formula is C10H19NO2. The molecule has 3 heteroatoms. The SMILES string of the molecule is CCNCC(C(=O)OCC)=C(C)C. The van der Waals surface area contributed by atoms with Gasteiger partial charge in [-0.15, -0.1) is 0 Å². The summed E-state index contributed by atoms with van der Waals surface area (Å²) in [5.74, 6) is -0.205. The minimum Gasteiger partial charge on any atom is -0.463 e. The van der Waals surface area contributed by atoms with Crippen LogP contribution in [0.25, 0.3) is 0 Å². The number of rotatable bonds is 5. The highest BCUT2D eigenvalue weighted by Crippen LogP contribution is 2.04. The minimum absolute atomic E-state index is 0.205. The number of nitrogens with one attached hydrogen (secondary N) is 1. The smallest absolute Gasteiger partial charge is 0.335 e. The van der Waals surface area contributed by atoms with Gasteiger partial charge in [0.05, 0.1) is 6.61 Å². The maximum atomic E-state index is 11.4. The molecule has 3 nitrogen and oxygen atoms in total. The van der Waals surface area contributed by atoms with Crippen LogP contribution >= 0.6 is 0 Å². The van der Waals surface area contributed by atoms with Gasteiger partial charge in [0, 0.05) is 12.1 Å². The molecule has 0 saturated heterocycles. The molecule has 0 rings (SSSR count). The number of ether oxygens (including phenoxy) is 1. The highest BCUT2D eigenvalue weighted by molar-refractivity contribution is 5.89. The summed E-state index contributed by atoms with van der Waals surface area (Å²) >= 11 is 0. The van der Waals surface area contributed by atoms with Gasteiger partial charge < -0.3 is 10.1 Å². The van der Waals surface area contributed by atoms with E-state index in [4.69, 9.17) is 4.74 Å². The van der Waals surface area contributed by atoms with Crippen molar-refractivity contribution in [3.05, 3.63) is 11.1 Å². The molecule has 0 aliphatic rings. The van der Waals surface area contributed by atoms with Gasteiger partial charge in [-0.3, -0.25) is 0 Å². The fraction of sp³-hybridized carbons (Fsp3) is 0.700. The quantitative estimate of drug-likeness (QED) is 0.521. The molecular weight excluding hydrogens is 166 g/mol. The Morgan fingerprint density at radius 3 is 2.31 bits per heavy atom. The van der Waals surface area contributed by atoms with Gasteiger partial charge in [0.2, 0.25) is 0 Å². The number of esters is 1. The van der Waals surface area contributed by atoms with Crippen molar-refractivity contribution < 1.29 is 9.53 Å². The summed E-state index contributed by atoms with van der Waals surface area (Å²) in [6.07, 6.45) is 0. The van der Waals surface area contributed by atoms with Gasteiger partial charge in [0.1, 0.15) is 0 Å². The van der Waals surface area contributed by atoms with Crippen LogP contribution in [0.5, 0.6) is 0 Å². The van der Waals surface area contributed by atoms with Crippen molar-refractivity contribution in [1.82, 2.24) is 5.32 Å². The molecule has 0 aromatic carbocycles. The zero-order chi connectivity index (χ0) is 10.3. The van der Waals surface area contributed by atoms with Crippen LogP contribution in [0.4, 0.5) is 0 Å². The lowest BCUT2D eigenvalue weighted by Crippen LogP contribution is -2.23. The standard InChI is InChI=1S/C10H19NO2/c1-5-11-7-9(8(3)4)10(12)13-6-2/h11H,5-7H2,1-4H3. The van der Waals surface area contributed by atoms with Gasteiger partial charge in [-0.2, -0.15) is 0 Å². The van der Waals surface area contributed by atoms with Gasteiger partial charge in [0.25, 0.3) is 0 Å². The van der Waals surface area contributed by atoms with Crippen molar-refractivity contribution in [2.45, 2.75) is 27.7 Å². The van der Waals surface area contributed by atoms with Gasteiger partial charge >= 0.3 is 5.97 Å². The maximum absolute atomic E-state index is 11.4. The fourth-order valence-electron chi connectivity index (χ4n) is 0.921. The van der Waals surface area contributed by atoms with Crippen LogP contribution in [0, 0.1) is 0 Å². The number of carbonyl (C=O) groups is 1. The molecule has 0 amide bonds. The molecule has 0 spiro atoms. The monoisotopic (exact) mass is 185 g/mol. The van der Waals surface area contributed by atoms with E-state index in [9.17, 15) is 4.79 Å². The molecule has 0 aromatic rings. The Bertz CT molecular complexity index is 193. The Balaban J connectivity index is 4.27. The lowest BCUT2D eigenvalue weighted by Gasteiger charge is -2.08.